The molecule has 3 rings (SSSR count). The van der Waals surface area contributed by atoms with Crippen LogP contribution in [0.3, 0.4) is 0 Å². The molecule has 3 unspecified atom stereocenters. The second kappa shape index (κ2) is 7.51. The van der Waals surface area contributed by atoms with Gasteiger partial charge in [-0.05, 0) is 49.7 Å². The molecule has 0 aromatic heterocycles. The van der Waals surface area contributed by atoms with Crippen molar-refractivity contribution in [2.45, 2.75) is 31.4 Å². The summed E-state index contributed by atoms with van der Waals surface area (Å²) in [5.74, 6) is -0.180. The standard InChI is InChI=1S/C22H25ClFNO/c1-15-12-21(25(2)3)22(26,14-17-19(23)10-7-11-20(17)24)18(15)13-16-8-5-4-6-9-16/h4-11,13,15,21,26H,12,14H2,1-3H3. The van der Waals surface area contributed by atoms with E-state index in [-0.39, 0.29) is 24.2 Å². The van der Waals surface area contributed by atoms with E-state index in [1.54, 1.807) is 12.1 Å². The first-order valence-electron chi connectivity index (χ1n) is 8.91. The van der Waals surface area contributed by atoms with Crippen LogP contribution in [0.1, 0.15) is 24.5 Å². The molecule has 1 aliphatic rings. The van der Waals surface area contributed by atoms with Gasteiger partial charge in [-0.2, -0.15) is 0 Å². The van der Waals surface area contributed by atoms with Gasteiger partial charge in [0.2, 0.25) is 0 Å². The molecule has 1 fully saturated rings. The first-order chi connectivity index (χ1) is 12.3. The molecule has 2 aromatic carbocycles. The van der Waals surface area contributed by atoms with Crippen LogP contribution in [0.2, 0.25) is 5.02 Å². The summed E-state index contributed by atoms with van der Waals surface area (Å²) in [6.07, 6.45) is 3.02. The van der Waals surface area contributed by atoms with Gasteiger partial charge in [-0.3, -0.25) is 0 Å². The second-order valence-corrected chi connectivity index (χ2v) is 7.83. The summed E-state index contributed by atoms with van der Waals surface area (Å²) < 4.78 is 14.4. The lowest BCUT2D eigenvalue weighted by Crippen LogP contribution is -2.48. The Labute approximate surface area is 159 Å². The average Bonchev–Trinajstić information content (AvgIpc) is 2.84. The monoisotopic (exact) mass is 373 g/mol. The van der Waals surface area contributed by atoms with Gasteiger partial charge in [0.05, 0.1) is 0 Å². The first-order valence-corrected chi connectivity index (χ1v) is 9.29. The van der Waals surface area contributed by atoms with Gasteiger partial charge < -0.3 is 10.0 Å². The van der Waals surface area contributed by atoms with E-state index < -0.39 is 5.60 Å². The average molecular weight is 374 g/mol. The number of hydrogen-bond acceptors (Lipinski definition) is 2. The fourth-order valence-corrected chi connectivity index (χ4v) is 4.33. The van der Waals surface area contributed by atoms with E-state index in [4.69, 9.17) is 11.6 Å². The normalized spacial score (nSPS) is 27.4. The summed E-state index contributed by atoms with van der Waals surface area (Å²) in [6, 6.07) is 14.5. The molecule has 138 valence electrons. The van der Waals surface area contributed by atoms with Gasteiger partial charge in [0.1, 0.15) is 11.4 Å². The van der Waals surface area contributed by atoms with Crippen LogP contribution in [0.5, 0.6) is 0 Å². The van der Waals surface area contributed by atoms with Crippen LogP contribution < -0.4 is 0 Å². The van der Waals surface area contributed by atoms with Crippen LogP contribution in [-0.2, 0) is 6.42 Å². The number of nitrogens with zero attached hydrogens (tertiary/aromatic N) is 1. The van der Waals surface area contributed by atoms with E-state index in [1.807, 2.05) is 55.4 Å². The van der Waals surface area contributed by atoms with Crippen molar-refractivity contribution < 1.29 is 9.50 Å². The first kappa shape index (κ1) is 19.1. The maximum atomic E-state index is 14.4. The number of likely N-dealkylation sites (N-methyl/N-ethyl adjacent to an activating group) is 1. The van der Waals surface area contributed by atoms with Crippen molar-refractivity contribution in [1.29, 1.82) is 0 Å². The number of hydrogen-bond donors (Lipinski definition) is 1. The summed E-state index contributed by atoms with van der Waals surface area (Å²) in [5.41, 5.74) is 1.16. The van der Waals surface area contributed by atoms with E-state index >= 15 is 0 Å². The predicted molar refractivity (Wildman–Crippen MR) is 106 cm³/mol. The number of benzene rings is 2. The molecule has 26 heavy (non-hydrogen) atoms. The van der Waals surface area contributed by atoms with Crippen molar-refractivity contribution in [1.82, 2.24) is 4.90 Å². The minimum absolute atomic E-state index is 0.108. The van der Waals surface area contributed by atoms with E-state index in [0.717, 1.165) is 17.6 Å². The van der Waals surface area contributed by atoms with Crippen LogP contribution in [0.25, 0.3) is 6.08 Å². The summed E-state index contributed by atoms with van der Waals surface area (Å²) in [6.45, 7) is 2.12. The largest absolute Gasteiger partial charge is 0.383 e. The Kier molecular flexibility index (Phi) is 5.52. The molecule has 1 aliphatic carbocycles. The summed E-state index contributed by atoms with van der Waals surface area (Å²) in [4.78, 5) is 2.02. The molecular weight excluding hydrogens is 349 g/mol. The summed E-state index contributed by atoms with van der Waals surface area (Å²) in [5, 5.41) is 12.1. The fraction of sp³-hybridized carbons (Fsp3) is 0.364. The number of halogens is 2. The Balaban J connectivity index is 2.09. The molecule has 0 radical (unpaired) electrons. The van der Waals surface area contributed by atoms with E-state index in [9.17, 15) is 9.50 Å². The van der Waals surface area contributed by atoms with Crippen molar-refractivity contribution >= 4 is 17.7 Å². The molecule has 0 bridgehead atoms. The SMILES string of the molecule is CC1CC(N(C)C)C(O)(Cc2c(F)cccc2Cl)C1=Cc1ccccc1. The van der Waals surface area contributed by atoms with Crippen molar-refractivity contribution in [2.75, 3.05) is 14.1 Å². The molecule has 1 saturated carbocycles. The maximum absolute atomic E-state index is 14.4. The van der Waals surface area contributed by atoms with E-state index in [1.165, 1.54) is 6.07 Å². The van der Waals surface area contributed by atoms with Crippen molar-refractivity contribution in [2.24, 2.45) is 5.92 Å². The van der Waals surface area contributed by atoms with Crippen LogP contribution in [-0.4, -0.2) is 35.7 Å². The zero-order valence-corrected chi connectivity index (χ0v) is 16.2. The molecule has 1 N–H and O–H groups in total. The highest BCUT2D eigenvalue weighted by Crippen LogP contribution is 2.45. The molecule has 4 heteroatoms. The van der Waals surface area contributed by atoms with Gasteiger partial charge in [-0.25, -0.2) is 4.39 Å². The zero-order valence-electron chi connectivity index (χ0n) is 15.4. The van der Waals surface area contributed by atoms with Gasteiger partial charge >= 0.3 is 0 Å². The molecule has 0 heterocycles. The third-order valence-corrected chi connectivity index (χ3v) is 5.77. The third kappa shape index (κ3) is 3.57. The van der Waals surface area contributed by atoms with E-state index in [0.29, 0.717) is 10.6 Å². The quantitative estimate of drug-likeness (QED) is 0.831. The molecule has 2 nitrogen and oxygen atoms in total. The van der Waals surface area contributed by atoms with Crippen LogP contribution in [0.4, 0.5) is 4.39 Å². The molecule has 0 spiro atoms. The zero-order chi connectivity index (χ0) is 18.9. The molecule has 3 atom stereocenters. The van der Waals surface area contributed by atoms with Gasteiger partial charge in [0.15, 0.2) is 0 Å². The minimum Gasteiger partial charge on any atom is -0.383 e. The highest BCUT2D eigenvalue weighted by atomic mass is 35.5. The maximum Gasteiger partial charge on any atom is 0.128 e. The third-order valence-electron chi connectivity index (χ3n) is 5.41. The van der Waals surface area contributed by atoms with Gasteiger partial charge in [0, 0.05) is 23.0 Å². The van der Waals surface area contributed by atoms with Crippen LogP contribution in [0, 0.1) is 11.7 Å². The van der Waals surface area contributed by atoms with Crippen molar-refractivity contribution in [3.63, 3.8) is 0 Å². The van der Waals surface area contributed by atoms with Crippen molar-refractivity contribution in [3.8, 4) is 0 Å². The van der Waals surface area contributed by atoms with E-state index in [2.05, 4.69) is 6.92 Å². The second-order valence-electron chi connectivity index (χ2n) is 7.43. The Bertz CT molecular complexity index is 785. The summed E-state index contributed by atoms with van der Waals surface area (Å²) >= 11 is 6.26. The Hall–Kier alpha value is -1.68. The minimum atomic E-state index is -1.18. The van der Waals surface area contributed by atoms with Crippen LogP contribution >= 0.6 is 11.6 Å². The van der Waals surface area contributed by atoms with Gasteiger partial charge in [-0.15, -0.1) is 0 Å². The molecule has 0 aliphatic heterocycles. The summed E-state index contributed by atoms with van der Waals surface area (Å²) in [7, 11) is 3.91. The molecule has 2 aromatic rings. The Morgan fingerprint density at radius 2 is 1.88 bits per heavy atom. The number of aliphatic hydroxyl groups is 1. The number of rotatable bonds is 4. The lowest BCUT2D eigenvalue weighted by Gasteiger charge is -2.36. The molecule has 0 amide bonds. The Morgan fingerprint density at radius 1 is 1.19 bits per heavy atom. The van der Waals surface area contributed by atoms with Gasteiger partial charge in [0.25, 0.3) is 0 Å². The van der Waals surface area contributed by atoms with Crippen molar-refractivity contribution in [3.05, 3.63) is 76.1 Å². The lowest BCUT2D eigenvalue weighted by atomic mass is 9.83. The van der Waals surface area contributed by atoms with Gasteiger partial charge in [-0.1, -0.05) is 61.0 Å². The topological polar surface area (TPSA) is 23.5 Å². The smallest absolute Gasteiger partial charge is 0.128 e. The highest BCUT2D eigenvalue weighted by molar-refractivity contribution is 6.31. The molecular formula is C22H25ClFNO. The fourth-order valence-electron chi connectivity index (χ4n) is 4.10. The Morgan fingerprint density at radius 3 is 2.50 bits per heavy atom. The highest BCUT2D eigenvalue weighted by Gasteiger charge is 2.50. The molecule has 0 saturated heterocycles. The van der Waals surface area contributed by atoms with Crippen LogP contribution in [0.15, 0.2) is 54.1 Å². The predicted octanol–water partition coefficient (Wildman–Crippen LogP) is 4.81. The lowest BCUT2D eigenvalue weighted by molar-refractivity contribution is 0.0162.